The zero-order valence-electron chi connectivity index (χ0n) is 18.7. The van der Waals surface area contributed by atoms with Crippen molar-refractivity contribution < 1.29 is 14.1 Å². The maximum atomic E-state index is 13.0. The van der Waals surface area contributed by atoms with Gasteiger partial charge in [0.05, 0.1) is 13.2 Å². The topological polar surface area (TPSA) is 84.6 Å². The van der Waals surface area contributed by atoms with Gasteiger partial charge in [0.25, 0.3) is 0 Å². The summed E-state index contributed by atoms with van der Waals surface area (Å²) in [6.07, 6.45) is 5.51. The van der Waals surface area contributed by atoms with Crippen molar-refractivity contribution in [2.24, 2.45) is 5.92 Å². The highest BCUT2D eigenvalue weighted by atomic mass is 16.5. The first-order chi connectivity index (χ1) is 16.3. The molecule has 0 N–H and O–H groups in total. The maximum Gasteiger partial charge on any atom is 0.227 e. The van der Waals surface area contributed by atoms with Crippen LogP contribution in [0, 0.1) is 5.92 Å². The van der Waals surface area contributed by atoms with Crippen molar-refractivity contribution in [1.82, 2.24) is 24.9 Å². The van der Waals surface area contributed by atoms with E-state index >= 15 is 0 Å². The number of fused-ring (bicyclic) bond motifs is 1. The van der Waals surface area contributed by atoms with Gasteiger partial charge in [-0.3, -0.25) is 14.7 Å². The van der Waals surface area contributed by atoms with Gasteiger partial charge < -0.3 is 14.2 Å². The second kappa shape index (κ2) is 10.2. The monoisotopic (exact) mass is 447 g/mol. The average molecular weight is 448 g/mol. The van der Waals surface area contributed by atoms with E-state index in [1.807, 2.05) is 47.5 Å². The van der Waals surface area contributed by atoms with Crippen LogP contribution in [0.1, 0.15) is 24.3 Å². The number of ether oxygens (including phenoxy) is 1. The highest BCUT2D eigenvalue weighted by Crippen LogP contribution is 2.27. The van der Waals surface area contributed by atoms with Gasteiger partial charge in [-0.15, -0.1) is 0 Å². The van der Waals surface area contributed by atoms with Gasteiger partial charge in [0.1, 0.15) is 0 Å². The van der Waals surface area contributed by atoms with E-state index in [1.165, 1.54) is 5.56 Å². The molecule has 0 saturated carbocycles. The Labute approximate surface area is 193 Å². The molecule has 2 atom stereocenters. The largest absolute Gasteiger partial charge is 0.380 e. The number of benzene rings is 1. The number of aryl methyl sites for hydroxylation is 1. The second-order valence-electron chi connectivity index (χ2n) is 8.74. The SMILES string of the molecule is O=C(CCc1nc(-c2ccccc2)no1)N1CC[C@@H]2[C@@H](COCCN2Cc2cccnc2)C1. The molecule has 8 nitrogen and oxygen atoms in total. The number of piperidine rings is 1. The Kier molecular flexibility index (Phi) is 6.73. The van der Waals surface area contributed by atoms with E-state index in [1.54, 1.807) is 6.20 Å². The number of nitrogens with zero attached hydrogens (tertiary/aromatic N) is 5. The van der Waals surface area contributed by atoms with Crippen LogP contribution in [0.15, 0.2) is 59.4 Å². The first-order valence-electron chi connectivity index (χ1n) is 11.6. The molecule has 8 heteroatoms. The number of hydrogen-bond donors (Lipinski definition) is 0. The highest BCUT2D eigenvalue weighted by Gasteiger charge is 2.36. The lowest BCUT2D eigenvalue weighted by atomic mass is 9.91. The van der Waals surface area contributed by atoms with Crippen LogP contribution in [0.2, 0.25) is 0 Å². The molecule has 1 amide bonds. The molecule has 2 aliphatic heterocycles. The van der Waals surface area contributed by atoms with E-state index in [2.05, 4.69) is 26.1 Å². The molecule has 2 saturated heterocycles. The van der Waals surface area contributed by atoms with Gasteiger partial charge in [-0.2, -0.15) is 4.98 Å². The number of amides is 1. The molecule has 0 radical (unpaired) electrons. The Balaban J connectivity index is 1.16. The second-order valence-corrected chi connectivity index (χ2v) is 8.74. The standard InChI is InChI=1S/C25H29N5O3/c31-24(9-8-23-27-25(28-33-23)20-6-2-1-3-7-20)30-12-10-22-21(17-30)18-32-14-13-29(22)16-19-5-4-11-26-15-19/h1-7,11,15,21-22H,8-10,12-14,16-18H2/t21-,22-/m1/s1. The van der Waals surface area contributed by atoms with E-state index < -0.39 is 0 Å². The zero-order chi connectivity index (χ0) is 22.5. The molecular formula is C25H29N5O3. The van der Waals surface area contributed by atoms with E-state index in [0.717, 1.165) is 44.8 Å². The van der Waals surface area contributed by atoms with E-state index in [9.17, 15) is 4.79 Å². The minimum Gasteiger partial charge on any atom is -0.380 e. The van der Waals surface area contributed by atoms with Gasteiger partial charge >= 0.3 is 0 Å². The Hall–Kier alpha value is -3.10. The van der Waals surface area contributed by atoms with Crippen LogP contribution in [-0.4, -0.2) is 69.7 Å². The predicted molar refractivity (Wildman–Crippen MR) is 122 cm³/mol. The molecule has 2 aromatic heterocycles. The van der Waals surface area contributed by atoms with Crippen molar-refractivity contribution in [2.45, 2.75) is 31.8 Å². The Bertz CT molecular complexity index is 1040. The Morgan fingerprint density at radius 1 is 1.12 bits per heavy atom. The zero-order valence-corrected chi connectivity index (χ0v) is 18.7. The molecular weight excluding hydrogens is 418 g/mol. The van der Waals surface area contributed by atoms with Gasteiger partial charge in [-0.25, -0.2) is 0 Å². The van der Waals surface area contributed by atoms with Crippen LogP contribution in [0.4, 0.5) is 0 Å². The summed E-state index contributed by atoms with van der Waals surface area (Å²) in [5, 5.41) is 4.05. The third kappa shape index (κ3) is 5.29. The molecule has 2 aliphatic rings. The van der Waals surface area contributed by atoms with Crippen molar-refractivity contribution >= 4 is 5.91 Å². The number of likely N-dealkylation sites (tertiary alicyclic amines) is 1. The van der Waals surface area contributed by atoms with E-state index in [0.29, 0.717) is 43.1 Å². The minimum absolute atomic E-state index is 0.135. The van der Waals surface area contributed by atoms with Crippen molar-refractivity contribution in [3.8, 4) is 11.4 Å². The third-order valence-corrected chi connectivity index (χ3v) is 6.53. The third-order valence-electron chi connectivity index (χ3n) is 6.53. The Morgan fingerprint density at radius 2 is 2.03 bits per heavy atom. The minimum atomic E-state index is 0.135. The summed E-state index contributed by atoms with van der Waals surface area (Å²) in [5.41, 5.74) is 2.12. The van der Waals surface area contributed by atoms with Crippen LogP contribution in [0.5, 0.6) is 0 Å². The average Bonchev–Trinajstić information content (AvgIpc) is 3.26. The fourth-order valence-corrected chi connectivity index (χ4v) is 4.83. The van der Waals surface area contributed by atoms with E-state index in [-0.39, 0.29) is 5.91 Å². The van der Waals surface area contributed by atoms with Gasteiger partial charge in [0, 0.05) is 68.9 Å². The fourth-order valence-electron chi connectivity index (χ4n) is 4.83. The predicted octanol–water partition coefficient (Wildman–Crippen LogP) is 2.81. The molecule has 0 unspecified atom stereocenters. The Morgan fingerprint density at radius 3 is 2.88 bits per heavy atom. The summed E-state index contributed by atoms with van der Waals surface area (Å²) in [5.74, 6) is 1.51. The maximum absolute atomic E-state index is 13.0. The molecule has 33 heavy (non-hydrogen) atoms. The lowest BCUT2D eigenvalue weighted by Gasteiger charge is -2.42. The molecule has 0 aliphatic carbocycles. The van der Waals surface area contributed by atoms with Crippen LogP contribution in [0.25, 0.3) is 11.4 Å². The highest BCUT2D eigenvalue weighted by molar-refractivity contribution is 5.76. The van der Waals surface area contributed by atoms with Gasteiger partial charge in [-0.05, 0) is 18.1 Å². The lowest BCUT2D eigenvalue weighted by molar-refractivity contribution is -0.134. The number of pyridine rings is 1. The molecule has 1 aromatic carbocycles. The summed E-state index contributed by atoms with van der Waals surface area (Å²) in [6, 6.07) is 14.2. The number of carbonyl (C=O) groups excluding carboxylic acids is 1. The smallest absolute Gasteiger partial charge is 0.227 e. The summed E-state index contributed by atoms with van der Waals surface area (Å²) < 4.78 is 11.3. The number of hydrogen-bond acceptors (Lipinski definition) is 7. The molecule has 5 rings (SSSR count). The number of rotatable bonds is 6. The summed E-state index contributed by atoms with van der Waals surface area (Å²) in [7, 11) is 0. The van der Waals surface area contributed by atoms with Crippen molar-refractivity contribution in [1.29, 1.82) is 0 Å². The van der Waals surface area contributed by atoms with E-state index in [4.69, 9.17) is 9.26 Å². The summed E-state index contributed by atoms with van der Waals surface area (Å²) in [6.45, 7) is 4.69. The normalized spacial score (nSPS) is 21.4. The van der Waals surface area contributed by atoms with Crippen molar-refractivity contribution in [2.75, 3.05) is 32.8 Å². The quantitative estimate of drug-likeness (QED) is 0.574. The van der Waals surface area contributed by atoms with Gasteiger partial charge in [-0.1, -0.05) is 41.6 Å². The lowest BCUT2D eigenvalue weighted by Crippen LogP contribution is -2.52. The number of carbonyl (C=O) groups is 1. The molecule has 172 valence electrons. The molecule has 3 aromatic rings. The fraction of sp³-hybridized carbons (Fsp3) is 0.440. The molecule has 0 bridgehead atoms. The molecule has 0 spiro atoms. The van der Waals surface area contributed by atoms with Crippen LogP contribution < -0.4 is 0 Å². The van der Waals surface area contributed by atoms with Crippen LogP contribution in [0.3, 0.4) is 0 Å². The van der Waals surface area contributed by atoms with Crippen molar-refractivity contribution in [3.63, 3.8) is 0 Å². The molecule has 2 fully saturated rings. The van der Waals surface area contributed by atoms with Crippen LogP contribution in [-0.2, 0) is 22.5 Å². The first kappa shape index (κ1) is 21.7. The van der Waals surface area contributed by atoms with Gasteiger partial charge in [0.15, 0.2) is 0 Å². The van der Waals surface area contributed by atoms with Gasteiger partial charge in [0.2, 0.25) is 17.6 Å². The van der Waals surface area contributed by atoms with Crippen molar-refractivity contribution in [3.05, 3.63) is 66.3 Å². The molecule has 4 heterocycles. The van der Waals surface area contributed by atoms with Crippen LogP contribution >= 0.6 is 0 Å². The first-order valence-corrected chi connectivity index (χ1v) is 11.6. The summed E-state index contributed by atoms with van der Waals surface area (Å²) >= 11 is 0. The number of aromatic nitrogens is 3. The summed E-state index contributed by atoms with van der Waals surface area (Å²) in [4.78, 5) is 26.1.